The number of halogens is 3. The van der Waals surface area contributed by atoms with E-state index in [1.54, 1.807) is 17.9 Å². The second kappa shape index (κ2) is 7.72. The van der Waals surface area contributed by atoms with Gasteiger partial charge in [-0.15, -0.1) is 0 Å². The molecule has 0 radical (unpaired) electrons. The highest BCUT2D eigenvalue weighted by Gasteiger charge is 2.46. The molecule has 0 aromatic carbocycles. The minimum absolute atomic E-state index is 0.248. The van der Waals surface area contributed by atoms with E-state index in [0.717, 1.165) is 0 Å². The number of piperidine rings is 1. The van der Waals surface area contributed by atoms with Gasteiger partial charge >= 0.3 is 0 Å². The molecule has 12 heteroatoms. The molecule has 2 aliphatic rings. The van der Waals surface area contributed by atoms with Crippen molar-refractivity contribution in [1.82, 2.24) is 24.8 Å². The highest BCUT2D eigenvalue weighted by Crippen LogP contribution is 2.34. The van der Waals surface area contributed by atoms with Crippen LogP contribution in [-0.4, -0.2) is 51.4 Å². The number of carbonyl (C=O) groups excluding carboxylic acids is 1. The fourth-order valence-corrected chi connectivity index (χ4v) is 4.51. The van der Waals surface area contributed by atoms with E-state index in [2.05, 4.69) is 20.6 Å². The molecule has 0 saturated carbocycles. The number of nitrogens with two attached hydrogens (primary N) is 1. The first-order valence-corrected chi connectivity index (χ1v) is 10.4. The summed E-state index contributed by atoms with van der Waals surface area (Å²) in [4.78, 5) is 35.8. The van der Waals surface area contributed by atoms with Gasteiger partial charge in [-0.1, -0.05) is 0 Å². The number of amides is 1. The highest BCUT2D eigenvalue weighted by molar-refractivity contribution is 14.1. The Morgan fingerprint density at radius 1 is 1.33 bits per heavy atom. The standard InChI is InChI=1S/C18H20F2IN7O2/c1-9-6-10(25-15-12(21)14(22)23-8-24-15)17(30)28-13(9)16(29)26-18(28)2-4-27(5-3-18)7-11(19)20/h6,8,11H,2-5,7H2,1H3,(H,26,29)(H3,22,23,24,25). The number of nitrogens with one attached hydrogen (secondary N) is 2. The molecule has 1 saturated heterocycles. The zero-order chi connectivity index (χ0) is 21.6. The Balaban J connectivity index is 1.73. The van der Waals surface area contributed by atoms with Gasteiger partial charge in [0.05, 0.1) is 10.1 Å². The van der Waals surface area contributed by atoms with Crippen molar-refractivity contribution in [3.05, 3.63) is 37.6 Å². The third-order valence-electron chi connectivity index (χ3n) is 5.53. The summed E-state index contributed by atoms with van der Waals surface area (Å²) < 4.78 is 27.5. The molecule has 4 heterocycles. The molecule has 0 aliphatic carbocycles. The number of anilines is 3. The molecule has 1 fully saturated rings. The van der Waals surface area contributed by atoms with Crippen LogP contribution >= 0.6 is 22.6 Å². The minimum atomic E-state index is -2.42. The number of rotatable bonds is 4. The molecule has 0 unspecified atom stereocenters. The van der Waals surface area contributed by atoms with Crippen LogP contribution in [0.4, 0.5) is 26.1 Å². The number of pyridine rings is 1. The Morgan fingerprint density at radius 3 is 2.70 bits per heavy atom. The first kappa shape index (κ1) is 20.9. The number of alkyl halides is 2. The predicted molar refractivity (Wildman–Crippen MR) is 115 cm³/mol. The van der Waals surface area contributed by atoms with Gasteiger partial charge in [0.2, 0.25) is 0 Å². The Labute approximate surface area is 184 Å². The molecule has 4 N–H and O–H groups in total. The van der Waals surface area contributed by atoms with Gasteiger partial charge in [0, 0.05) is 25.9 Å². The molecule has 2 aliphatic heterocycles. The van der Waals surface area contributed by atoms with E-state index in [4.69, 9.17) is 5.73 Å². The molecule has 4 rings (SSSR count). The Kier molecular flexibility index (Phi) is 5.38. The highest BCUT2D eigenvalue weighted by atomic mass is 127. The molecule has 0 atom stereocenters. The summed E-state index contributed by atoms with van der Waals surface area (Å²) in [7, 11) is 0. The first-order chi connectivity index (χ1) is 14.2. The summed E-state index contributed by atoms with van der Waals surface area (Å²) in [6.45, 7) is 2.14. The Morgan fingerprint density at radius 2 is 2.03 bits per heavy atom. The van der Waals surface area contributed by atoms with Crippen LogP contribution in [0.25, 0.3) is 0 Å². The van der Waals surface area contributed by atoms with Gasteiger partial charge in [-0.2, -0.15) is 0 Å². The van der Waals surface area contributed by atoms with Gasteiger partial charge in [0.25, 0.3) is 17.9 Å². The summed E-state index contributed by atoms with van der Waals surface area (Å²) in [6, 6.07) is 1.60. The number of aromatic nitrogens is 3. The molecule has 0 bridgehead atoms. The fraction of sp³-hybridized carbons (Fsp3) is 0.444. The van der Waals surface area contributed by atoms with Gasteiger partial charge in [-0.25, -0.2) is 18.7 Å². The van der Waals surface area contributed by atoms with Crippen molar-refractivity contribution >= 4 is 45.8 Å². The van der Waals surface area contributed by atoms with Crippen molar-refractivity contribution in [2.75, 3.05) is 30.7 Å². The van der Waals surface area contributed by atoms with Gasteiger partial charge in [0.1, 0.15) is 35.0 Å². The minimum Gasteiger partial charge on any atom is -0.383 e. The van der Waals surface area contributed by atoms with Crippen molar-refractivity contribution in [1.29, 1.82) is 0 Å². The zero-order valence-electron chi connectivity index (χ0n) is 16.1. The smallest absolute Gasteiger partial charge is 0.276 e. The summed E-state index contributed by atoms with van der Waals surface area (Å²) >= 11 is 1.99. The Hall–Kier alpha value is -2.35. The van der Waals surface area contributed by atoms with E-state index in [1.807, 2.05) is 22.6 Å². The number of nitrogen functional groups attached to an aromatic ring is 1. The topological polar surface area (TPSA) is 118 Å². The average molecular weight is 531 g/mol. The van der Waals surface area contributed by atoms with Crippen LogP contribution in [0.1, 0.15) is 28.9 Å². The SMILES string of the molecule is Cc1cc(Nc2ncnc(N)c2I)c(=O)n2c1C(=O)NC21CCN(CC(F)F)CC1. The molecule has 9 nitrogen and oxygen atoms in total. The van der Waals surface area contributed by atoms with E-state index in [1.165, 1.54) is 10.9 Å². The monoisotopic (exact) mass is 531 g/mol. The van der Waals surface area contributed by atoms with Crippen LogP contribution in [0.15, 0.2) is 17.2 Å². The molecule has 1 amide bonds. The van der Waals surface area contributed by atoms with Crippen molar-refractivity contribution in [2.24, 2.45) is 0 Å². The van der Waals surface area contributed by atoms with Crippen LogP contribution in [0.2, 0.25) is 0 Å². The van der Waals surface area contributed by atoms with Crippen LogP contribution in [-0.2, 0) is 5.66 Å². The summed E-state index contributed by atoms with van der Waals surface area (Å²) in [5.41, 5.74) is 5.67. The van der Waals surface area contributed by atoms with Crippen molar-refractivity contribution in [3.63, 3.8) is 0 Å². The van der Waals surface area contributed by atoms with E-state index in [0.29, 0.717) is 46.6 Å². The third kappa shape index (κ3) is 3.51. The quantitative estimate of drug-likeness (QED) is 0.514. The van der Waals surface area contributed by atoms with Gasteiger partial charge < -0.3 is 16.4 Å². The number of nitrogens with zero attached hydrogens (tertiary/aromatic N) is 4. The molecular formula is C18H20F2IN7O2. The Bertz CT molecular complexity index is 1070. The molecule has 2 aromatic heterocycles. The molecule has 160 valence electrons. The number of hydrogen-bond donors (Lipinski definition) is 3. The molecule has 30 heavy (non-hydrogen) atoms. The van der Waals surface area contributed by atoms with Crippen molar-refractivity contribution in [3.8, 4) is 0 Å². The summed E-state index contributed by atoms with van der Waals surface area (Å²) in [6.07, 6.45) is -0.408. The lowest BCUT2D eigenvalue weighted by Gasteiger charge is -2.40. The van der Waals surface area contributed by atoms with Gasteiger partial charge in [-0.05, 0) is 41.1 Å². The van der Waals surface area contributed by atoms with Crippen LogP contribution in [0.3, 0.4) is 0 Å². The lowest BCUT2D eigenvalue weighted by Crippen LogP contribution is -2.55. The van der Waals surface area contributed by atoms with Crippen LogP contribution < -0.4 is 21.9 Å². The van der Waals surface area contributed by atoms with Gasteiger partial charge in [-0.3, -0.25) is 19.1 Å². The number of aryl methyl sites for hydroxylation is 1. The first-order valence-electron chi connectivity index (χ1n) is 9.35. The lowest BCUT2D eigenvalue weighted by molar-refractivity contribution is 0.0391. The lowest BCUT2D eigenvalue weighted by atomic mass is 9.96. The third-order valence-corrected chi connectivity index (χ3v) is 6.59. The summed E-state index contributed by atoms with van der Waals surface area (Å²) in [5.74, 6) is 0.336. The van der Waals surface area contributed by atoms with Crippen molar-refractivity contribution < 1.29 is 13.6 Å². The number of likely N-dealkylation sites (tertiary alicyclic amines) is 1. The maximum Gasteiger partial charge on any atom is 0.276 e. The normalized spacial score (nSPS) is 18.0. The second-order valence-electron chi connectivity index (χ2n) is 7.45. The van der Waals surface area contributed by atoms with E-state index < -0.39 is 12.1 Å². The maximum atomic E-state index is 13.4. The van der Waals surface area contributed by atoms with Gasteiger partial charge in [0.15, 0.2) is 0 Å². The van der Waals surface area contributed by atoms with E-state index in [-0.39, 0.29) is 29.5 Å². The number of carbonyl (C=O) groups is 1. The molecule has 1 spiro atoms. The fourth-order valence-electron chi connectivity index (χ4n) is 4.10. The average Bonchev–Trinajstić information content (AvgIpc) is 2.97. The molecule has 2 aromatic rings. The number of fused-ring (bicyclic) bond motifs is 2. The maximum absolute atomic E-state index is 13.4. The van der Waals surface area contributed by atoms with E-state index >= 15 is 0 Å². The van der Waals surface area contributed by atoms with Crippen LogP contribution in [0, 0.1) is 10.5 Å². The zero-order valence-corrected chi connectivity index (χ0v) is 18.2. The predicted octanol–water partition coefficient (Wildman–Crippen LogP) is 1.63. The summed E-state index contributed by atoms with van der Waals surface area (Å²) in [5, 5.41) is 5.94. The van der Waals surface area contributed by atoms with Crippen LogP contribution in [0.5, 0.6) is 0 Å². The van der Waals surface area contributed by atoms with E-state index in [9.17, 15) is 18.4 Å². The molecular weight excluding hydrogens is 511 g/mol. The largest absolute Gasteiger partial charge is 0.383 e. The number of hydrogen-bond acceptors (Lipinski definition) is 7. The van der Waals surface area contributed by atoms with Crippen molar-refractivity contribution in [2.45, 2.75) is 31.9 Å². The second-order valence-corrected chi connectivity index (χ2v) is 8.53.